The smallest absolute Gasteiger partial charge is 0.217 e. The van der Waals surface area contributed by atoms with Gasteiger partial charge in [0.1, 0.15) is 0 Å². The van der Waals surface area contributed by atoms with Gasteiger partial charge in [-0.2, -0.15) is 0 Å². The third-order valence-electron chi connectivity index (χ3n) is 3.58. The first kappa shape index (κ1) is 13.3. The molecule has 1 fully saturated rings. The number of pyridine rings is 1. The van der Waals surface area contributed by atoms with Gasteiger partial charge < -0.3 is 9.84 Å². The number of methoxy groups -OCH3 is 1. The van der Waals surface area contributed by atoms with Gasteiger partial charge in [-0.1, -0.05) is 18.9 Å². The van der Waals surface area contributed by atoms with Crippen LogP contribution in [0.3, 0.4) is 0 Å². The highest BCUT2D eigenvalue weighted by Crippen LogP contribution is 2.30. The molecule has 0 amide bonds. The molecule has 1 heterocycles. The fraction of sp³-hybridized carbons (Fsp3) is 0.643. The maximum atomic E-state index is 10.4. The third-order valence-corrected chi connectivity index (χ3v) is 3.58. The van der Waals surface area contributed by atoms with Crippen molar-refractivity contribution in [2.24, 2.45) is 0 Å². The zero-order valence-corrected chi connectivity index (χ0v) is 11.2. The first-order valence-corrected chi connectivity index (χ1v) is 6.52. The fourth-order valence-corrected chi connectivity index (χ4v) is 2.77. The maximum absolute atomic E-state index is 10.4. The Balaban J connectivity index is 1.96. The minimum absolute atomic E-state index is 0.496. The molecule has 2 rings (SSSR count). The van der Waals surface area contributed by atoms with Crippen molar-refractivity contribution in [3.05, 3.63) is 23.9 Å². The van der Waals surface area contributed by atoms with Crippen LogP contribution in [-0.4, -0.2) is 41.3 Å². The second-order valence-corrected chi connectivity index (χ2v) is 5.28. The van der Waals surface area contributed by atoms with Crippen molar-refractivity contribution in [3.8, 4) is 5.88 Å². The third kappa shape index (κ3) is 3.21. The maximum Gasteiger partial charge on any atom is 0.217 e. The van der Waals surface area contributed by atoms with Crippen LogP contribution in [0.2, 0.25) is 0 Å². The molecule has 1 aromatic heterocycles. The van der Waals surface area contributed by atoms with E-state index in [2.05, 4.69) is 9.88 Å². The summed E-state index contributed by atoms with van der Waals surface area (Å²) in [6.07, 6.45) is 5.84. The largest absolute Gasteiger partial charge is 0.481 e. The molecule has 0 aromatic carbocycles. The summed E-state index contributed by atoms with van der Waals surface area (Å²) in [6.45, 7) is 1.46. The van der Waals surface area contributed by atoms with Crippen molar-refractivity contribution in [1.82, 2.24) is 9.88 Å². The Bertz CT molecular complexity index is 389. The lowest BCUT2D eigenvalue weighted by Crippen LogP contribution is -2.38. The van der Waals surface area contributed by atoms with Crippen LogP contribution in [0.25, 0.3) is 0 Å². The van der Waals surface area contributed by atoms with Crippen LogP contribution in [0, 0.1) is 0 Å². The molecule has 0 saturated heterocycles. The van der Waals surface area contributed by atoms with Crippen molar-refractivity contribution in [1.29, 1.82) is 0 Å². The van der Waals surface area contributed by atoms with Crippen LogP contribution in [0.1, 0.15) is 31.2 Å². The molecule has 0 atom stereocenters. The molecule has 4 heteroatoms. The first-order chi connectivity index (χ1) is 8.63. The summed E-state index contributed by atoms with van der Waals surface area (Å²) in [6, 6.07) is 3.93. The number of ether oxygens (including phenoxy) is 1. The van der Waals surface area contributed by atoms with E-state index in [-0.39, 0.29) is 0 Å². The van der Waals surface area contributed by atoms with E-state index in [9.17, 15) is 5.11 Å². The fourth-order valence-electron chi connectivity index (χ4n) is 2.77. The highest BCUT2D eigenvalue weighted by atomic mass is 16.5. The van der Waals surface area contributed by atoms with Crippen molar-refractivity contribution >= 4 is 0 Å². The first-order valence-electron chi connectivity index (χ1n) is 6.52. The van der Waals surface area contributed by atoms with Crippen molar-refractivity contribution in [2.75, 3.05) is 20.7 Å². The van der Waals surface area contributed by atoms with Gasteiger partial charge in [-0.05, 0) is 26.0 Å². The summed E-state index contributed by atoms with van der Waals surface area (Å²) in [7, 11) is 3.67. The zero-order chi connectivity index (χ0) is 13.0. The lowest BCUT2D eigenvalue weighted by molar-refractivity contribution is 0.0143. The van der Waals surface area contributed by atoms with Crippen molar-refractivity contribution < 1.29 is 9.84 Å². The molecule has 0 radical (unpaired) electrons. The van der Waals surface area contributed by atoms with Crippen LogP contribution in [-0.2, 0) is 6.54 Å². The molecule has 18 heavy (non-hydrogen) atoms. The topological polar surface area (TPSA) is 45.6 Å². The van der Waals surface area contributed by atoms with Gasteiger partial charge in [0.2, 0.25) is 5.88 Å². The number of nitrogens with zero attached hydrogens (tertiary/aromatic N) is 2. The predicted molar refractivity (Wildman–Crippen MR) is 70.5 cm³/mol. The quantitative estimate of drug-likeness (QED) is 0.866. The Morgan fingerprint density at radius 2 is 2.17 bits per heavy atom. The molecule has 100 valence electrons. The van der Waals surface area contributed by atoms with E-state index in [0.717, 1.165) is 37.8 Å². The molecule has 0 unspecified atom stereocenters. The van der Waals surface area contributed by atoms with Gasteiger partial charge in [-0.15, -0.1) is 0 Å². The van der Waals surface area contributed by atoms with Crippen molar-refractivity contribution in [3.63, 3.8) is 0 Å². The molecule has 0 aliphatic heterocycles. The number of likely N-dealkylation sites (N-methyl/N-ethyl adjacent to an activating group) is 1. The van der Waals surface area contributed by atoms with E-state index in [1.807, 2.05) is 19.2 Å². The molecule has 1 aliphatic carbocycles. The van der Waals surface area contributed by atoms with Gasteiger partial charge in [0.25, 0.3) is 0 Å². The Labute approximate surface area is 109 Å². The Kier molecular flexibility index (Phi) is 4.19. The number of aliphatic hydroxyl groups is 1. The summed E-state index contributed by atoms with van der Waals surface area (Å²) in [5.74, 6) is 0.669. The van der Waals surface area contributed by atoms with Crippen LogP contribution in [0.5, 0.6) is 5.88 Å². The Morgan fingerprint density at radius 3 is 2.83 bits per heavy atom. The predicted octanol–water partition coefficient (Wildman–Crippen LogP) is 1.83. The SMILES string of the molecule is COc1ncccc1CN(C)CC1(O)CCCC1. The average molecular weight is 250 g/mol. The standard InChI is InChI=1S/C14H22N2O2/c1-16(11-14(17)7-3-4-8-14)10-12-6-5-9-15-13(12)18-2/h5-6,9,17H,3-4,7-8,10-11H2,1-2H3. The highest BCUT2D eigenvalue weighted by molar-refractivity contribution is 5.25. The summed E-state index contributed by atoms with van der Waals surface area (Å²) in [5.41, 5.74) is 0.564. The molecule has 1 saturated carbocycles. The van der Waals surface area contributed by atoms with Gasteiger partial charge in [-0.25, -0.2) is 4.98 Å². The molecular weight excluding hydrogens is 228 g/mol. The average Bonchev–Trinajstić information content (AvgIpc) is 2.76. The summed E-state index contributed by atoms with van der Waals surface area (Å²) in [4.78, 5) is 6.33. The Hall–Kier alpha value is -1.13. The summed E-state index contributed by atoms with van der Waals surface area (Å²) < 4.78 is 5.24. The van der Waals surface area contributed by atoms with E-state index >= 15 is 0 Å². The molecule has 1 N–H and O–H groups in total. The number of hydrogen-bond acceptors (Lipinski definition) is 4. The van der Waals surface area contributed by atoms with Crippen LogP contribution < -0.4 is 4.74 Å². The van der Waals surface area contributed by atoms with Crippen LogP contribution in [0.4, 0.5) is 0 Å². The molecule has 0 spiro atoms. The number of rotatable bonds is 5. The molecule has 0 bridgehead atoms. The van der Waals surface area contributed by atoms with Crippen LogP contribution >= 0.6 is 0 Å². The van der Waals surface area contributed by atoms with Gasteiger partial charge in [0.15, 0.2) is 0 Å². The number of aromatic nitrogens is 1. The van der Waals surface area contributed by atoms with E-state index in [1.165, 1.54) is 0 Å². The van der Waals surface area contributed by atoms with Gasteiger partial charge in [0, 0.05) is 24.8 Å². The Morgan fingerprint density at radius 1 is 1.44 bits per heavy atom. The van der Waals surface area contributed by atoms with Crippen LogP contribution in [0.15, 0.2) is 18.3 Å². The van der Waals surface area contributed by atoms with Crippen molar-refractivity contribution in [2.45, 2.75) is 37.8 Å². The summed E-state index contributed by atoms with van der Waals surface area (Å²) in [5, 5.41) is 10.4. The van der Waals surface area contributed by atoms with E-state index in [4.69, 9.17) is 4.74 Å². The second-order valence-electron chi connectivity index (χ2n) is 5.28. The van der Waals surface area contributed by atoms with Gasteiger partial charge in [-0.3, -0.25) is 4.90 Å². The van der Waals surface area contributed by atoms with E-state index in [1.54, 1.807) is 13.3 Å². The van der Waals surface area contributed by atoms with Gasteiger partial charge >= 0.3 is 0 Å². The van der Waals surface area contributed by atoms with Gasteiger partial charge in [0.05, 0.1) is 12.7 Å². The summed E-state index contributed by atoms with van der Waals surface area (Å²) >= 11 is 0. The molecule has 1 aliphatic rings. The minimum atomic E-state index is -0.496. The zero-order valence-electron chi connectivity index (χ0n) is 11.2. The molecule has 4 nitrogen and oxygen atoms in total. The highest BCUT2D eigenvalue weighted by Gasteiger charge is 2.32. The lowest BCUT2D eigenvalue weighted by Gasteiger charge is -2.28. The molecular formula is C14H22N2O2. The monoisotopic (exact) mass is 250 g/mol. The molecule has 1 aromatic rings. The normalized spacial score (nSPS) is 18.2. The van der Waals surface area contributed by atoms with E-state index < -0.39 is 5.60 Å². The van der Waals surface area contributed by atoms with E-state index in [0.29, 0.717) is 12.4 Å². The second kappa shape index (κ2) is 5.67. The number of hydrogen-bond donors (Lipinski definition) is 1. The minimum Gasteiger partial charge on any atom is -0.481 e. The lowest BCUT2D eigenvalue weighted by atomic mass is 10.0.